The molecule has 0 aliphatic heterocycles. The number of rotatable bonds is 5. The Kier molecular flexibility index (Phi) is 4.04. The number of hydrogen-bond donors (Lipinski definition) is 1. The van der Waals surface area contributed by atoms with Gasteiger partial charge in [-0.3, -0.25) is 0 Å². The number of aromatic nitrogens is 3. The van der Waals surface area contributed by atoms with Gasteiger partial charge in [-0.2, -0.15) is 4.98 Å². The summed E-state index contributed by atoms with van der Waals surface area (Å²) in [6.07, 6.45) is 1.74. The summed E-state index contributed by atoms with van der Waals surface area (Å²) in [4.78, 5) is 10.1. The van der Waals surface area contributed by atoms with Crippen LogP contribution in [0.4, 0.5) is 5.82 Å². The summed E-state index contributed by atoms with van der Waals surface area (Å²) in [5.41, 5.74) is 1.72. The van der Waals surface area contributed by atoms with Gasteiger partial charge in [0.2, 0.25) is 5.82 Å². The summed E-state index contributed by atoms with van der Waals surface area (Å²) < 4.78 is 5.34. The Hall–Kier alpha value is -2.99. The summed E-state index contributed by atoms with van der Waals surface area (Å²) in [7, 11) is 0. The van der Waals surface area contributed by atoms with Crippen molar-refractivity contribution in [3.8, 4) is 22.8 Å². The van der Waals surface area contributed by atoms with Gasteiger partial charge in [-0.15, -0.1) is 11.3 Å². The molecule has 0 amide bonds. The van der Waals surface area contributed by atoms with Crippen LogP contribution in [-0.2, 0) is 6.54 Å². The molecule has 24 heavy (non-hydrogen) atoms. The molecule has 0 bridgehead atoms. The molecule has 0 aliphatic carbocycles. The van der Waals surface area contributed by atoms with Gasteiger partial charge in [0.1, 0.15) is 5.82 Å². The number of pyridine rings is 1. The molecule has 0 aliphatic rings. The van der Waals surface area contributed by atoms with E-state index < -0.39 is 0 Å². The molecule has 6 heteroatoms. The lowest BCUT2D eigenvalue weighted by Gasteiger charge is -2.03. The van der Waals surface area contributed by atoms with Gasteiger partial charge < -0.3 is 9.84 Å². The van der Waals surface area contributed by atoms with Crippen LogP contribution in [0.3, 0.4) is 0 Å². The summed E-state index contributed by atoms with van der Waals surface area (Å²) in [5.74, 6) is 1.85. The molecule has 3 aromatic heterocycles. The predicted molar refractivity (Wildman–Crippen MR) is 94.6 cm³/mol. The van der Waals surface area contributed by atoms with E-state index in [9.17, 15) is 0 Å². The van der Waals surface area contributed by atoms with Crippen molar-refractivity contribution < 1.29 is 4.52 Å². The molecule has 0 saturated heterocycles. The van der Waals surface area contributed by atoms with Gasteiger partial charge in [0.25, 0.3) is 5.89 Å². The minimum Gasteiger partial charge on any atom is -0.365 e. The Bertz CT molecular complexity index is 902. The fraction of sp³-hybridized carbons (Fsp3) is 0.0556. The minimum absolute atomic E-state index is 0.464. The summed E-state index contributed by atoms with van der Waals surface area (Å²) >= 11 is 1.72. The van der Waals surface area contributed by atoms with E-state index in [1.54, 1.807) is 17.5 Å². The van der Waals surface area contributed by atoms with Crippen molar-refractivity contribution in [1.82, 2.24) is 15.1 Å². The maximum atomic E-state index is 5.34. The molecule has 0 atom stereocenters. The molecule has 0 fully saturated rings. The van der Waals surface area contributed by atoms with Crippen molar-refractivity contribution >= 4 is 17.2 Å². The van der Waals surface area contributed by atoms with Crippen LogP contribution in [0, 0.1) is 0 Å². The third-order valence-corrected chi connectivity index (χ3v) is 4.37. The van der Waals surface area contributed by atoms with E-state index in [1.165, 1.54) is 4.88 Å². The van der Waals surface area contributed by atoms with Crippen LogP contribution in [0.15, 0.2) is 70.7 Å². The van der Waals surface area contributed by atoms with Gasteiger partial charge in [-0.1, -0.05) is 41.6 Å². The second-order valence-corrected chi connectivity index (χ2v) is 6.19. The van der Waals surface area contributed by atoms with Crippen molar-refractivity contribution in [2.45, 2.75) is 6.54 Å². The van der Waals surface area contributed by atoms with Crippen LogP contribution in [0.1, 0.15) is 4.88 Å². The lowest BCUT2D eigenvalue weighted by molar-refractivity contribution is 0.432. The molecule has 1 aromatic carbocycles. The first-order valence-electron chi connectivity index (χ1n) is 7.50. The Morgan fingerprint density at radius 3 is 2.62 bits per heavy atom. The van der Waals surface area contributed by atoms with E-state index >= 15 is 0 Å². The largest absolute Gasteiger partial charge is 0.365 e. The number of hydrogen-bond acceptors (Lipinski definition) is 6. The molecule has 4 aromatic rings. The molecule has 118 valence electrons. The average Bonchev–Trinajstić information content (AvgIpc) is 3.33. The molecular weight excluding hydrogens is 320 g/mol. The van der Waals surface area contributed by atoms with Gasteiger partial charge in [-0.05, 0) is 23.6 Å². The lowest BCUT2D eigenvalue weighted by Crippen LogP contribution is -1.99. The van der Waals surface area contributed by atoms with E-state index in [0.717, 1.165) is 23.5 Å². The topological polar surface area (TPSA) is 63.8 Å². The van der Waals surface area contributed by atoms with Gasteiger partial charge in [-0.25, -0.2) is 4.98 Å². The highest BCUT2D eigenvalue weighted by atomic mass is 32.1. The van der Waals surface area contributed by atoms with Gasteiger partial charge in [0, 0.05) is 16.6 Å². The minimum atomic E-state index is 0.464. The van der Waals surface area contributed by atoms with Crippen molar-refractivity contribution in [3.05, 3.63) is 71.1 Å². The molecule has 0 unspecified atom stereocenters. The van der Waals surface area contributed by atoms with E-state index in [4.69, 9.17) is 4.52 Å². The first-order valence-corrected chi connectivity index (χ1v) is 8.38. The lowest BCUT2D eigenvalue weighted by atomic mass is 10.2. The number of nitrogens with one attached hydrogen (secondary N) is 1. The maximum Gasteiger partial charge on any atom is 0.259 e. The van der Waals surface area contributed by atoms with Crippen molar-refractivity contribution in [1.29, 1.82) is 0 Å². The Balaban J connectivity index is 1.48. The zero-order valence-corrected chi connectivity index (χ0v) is 13.5. The van der Waals surface area contributed by atoms with E-state index in [-0.39, 0.29) is 0 Å². The predicted octanol–water partition coefficient (Wildman–Crippen LogP) is 4.47. The van der Waals surface area contributed by atoms with Crippen LogP contribution in [0.2, 0.25) is 0 Å². The Morgan fingerprint density at radius 2 is 1.88 bits per heavy atom. The zero-order valence-electron chi connectivity index (χ0n) is 12.7. The third-order valence-electron chi connectivity index (χ3n) is 3.49. The maximum absolute atomic E-state index is 5.34. The van der Waals surface area contributed by atoms with Gasteiger partial charge >= 0.3 is 0 Å². The van der Waals surface area contributed by atoms with E-state index in [0.29, 0.717) is 11.7 Å². The van der Waals surface area contributed by atoms with Crippen LogP contribution >= 0.6 is 11.3 Å². The van der Waals surface area contributed by atoms with Crippen molar-refractivity contribution in [3.63, 3.8) is 0 Å². The molecule has 5 nitrogen and oxygen atoms in total. The van der Waals surface area contributed by atoms with E-state index in [1.807, 2.05) is 48.5 Å². The highest BCUT2D eigenvalue weighted by Crippen LogP contribution is 2.22. The van der Waals surface area contributed by atoms with Crippen molar-refractivity contribution in [2.24, 2.45) is 0 Å². The van der Waals surface area contributed by atoms with Crippen LogP contribution in [0.25, 0.3) is 22.8 Å². The highest BCUT2D eigenvalue weighted by Gasteiger charge is 2.10. The van der Waals surface area contributed by atoms with Crippen LogP contribution < -0.4 is 5.32 Å². The molecule has 1 N–H and O–H groups in total. The smallest absolute Gasteiger partial charge is 0.259 e. The standard InChI is InChI=1S/C18H14N4OS/c1-2-5-13(6-3-1)17-21-18(23-22-17)14-8-9-16(19-11-14)20-12-15-7-4-10-24-15/h1-11H,12H2,(H,19,20). The molecule has 0 radical (unpaired) electrons. The first kappa shape index (κ1) is 14.6. The Labute approximate surface area is 143 Å². The quantitative estimate of drug-likeness (QED) is 0.583. The normalized spacial score (nSPS) is 10.7. The van der Waals surface area contributed by atoms with Gasteiger partial charge in [0.15, 0.2) is 0 Å². The fourth-order valence-electron chi connectivity index (χ4n) is 2.26. The molecule has 3 heterocycles. The molecule has 0 spiro atoms. The molecule has 0 saturated carbocycles. The van der Waals surface area contributed by atoms with Crippen LogP contribution in [0.5, 0.6) is 0 Å². The number of thiophene rings is 1. The zero-order chi connectivity index (χ0) is 16.2. The first-order chi connectivity index (χ1) is 11.9. The van der Waals surface area contributed by atoms with E-state index in [2.05, 4.69) is 31.9 Å². The second kappa shape index (κ2) is 6.64. The van der Waals surface area contributed by atoms with Crippen LogP contribution in [-0.4, -0.2) is 15.1 Å². The number of benzene rings is 1. The van der Waals surface area contributed by atoms with Gasteiger partial charge in [0.05, 0.1) is 12.1 Å². The number of anilines is 1. The molecular formula is C18H14N4OS. The third kappa shape index (κ3) is 3.18. The Morgan fingerprint density at radius 1 is 0.958 bits per heavy atom. The molecule has 4 rings (SSSR count). The summed E-state index contributed by atoms with van der Waals surface area (Å²) in [6, 6.07) is 17.7. The monoisotopic (exact) mass is 334 g/mol. The fourth-order valence-corrected chi connectivity index (χ4v) is 2.91. The SMILES string of the molecule is c1ccc(-c2noc(-c3ccc(NCc4cccs4)nc3)n2)cc1. The second-order valence-electron chi connectivity index (χ2n) is 5.15. The highest BCUT2D eigenvalue weighted by molar-refractivity contribution is 7.09. The van der Waals surface area contributed by atoms with Crippen molar-refractivity contribution in [2.75, 3.05) is 5.32 Å². The summed E-state index contributed by atoms with van der Waals surface area (Å²) in [5, 5.41) is 9.38. The summed E-state index contributed by atoms with van der Waals surface area (Å²) in [6.45, 7) is 0.767. The number of nitrogens with zero attached hydrogens (tertiary/aromatic N) is 3. The average molecular weight is 334 g/mol.